The number of aromatic nitrogens is 3. The summed E-state index contributed by atoms with van der Waals surface area (Å²) in [7, 11) is 1.84. The molecule has 2 aromatic heterocycles. The maximum Gasteiger partial charge on any atom is 0.255 e. The van der Waals surface area contributed by atoms with Crippen molar-refractivity contribution in [3.63, 3.8) is 0 Å². The second-order valence-electron chi connectivity index (χ2n) is 8.78. The van der Waals surface area contributed by atoms with E-state index in [0.717, 1.165) is 35.0 Å². The number of aryl methyl sites for hydroxylation is 2. The number of carbonyl (C=O) groups excluding carboxylic acids is 1. The number of rotatable bonds is 6. The lowest BCUT2D eigenvalue weighted by Gasteiger charge is -2.26. The van der Waals surface area contributed by atoms with Crippen LogP contribution in [0.1, 0.15) is 34.5 Å². The van der Waals surface area contributed by atoms with Crippen molar-refractivity contribution < 1.29 is 13.9 Å². The Hall–Kier alpha value is -3.58. The number of halogens is 1. The van der Waals surface area contributed by atoms with Gasteiger partial charge in [-0.2, -0.15) is 5.10 Å². The molecule has 4 aromatic rings. The normalized spacial score (nSPS) is 15.7. The van der Waals surface area contributed by atoms with Crippen LogP contribution in [0.15, 0.2) is 60.7 Å². The molecule has 6 nitrogen and oxygen atoms in total. The van der Waals surface area contributed by atoms with Crippen molar-refractivity contribution in [1.82, 2.24) is 19.7 Å². The highest BCUT2D eigenvalue weighted by molar-refractivity contribution is 6.07. The fourth-order valence-corrected chi connectivity index (χ4v) is 4.65. The van der Waals surface area contributed by atoms with E-state index in [0.29, 0.717) is 36.6 Å². The van der Waals surface area contributed by atoms with Crippen LogP contribution in [0.25, 0.3) is 22.3 Å². The average molecular weight is 459 g/mol. The maximum atomic E-state index is 14.1. The zero-order valence-electron chi connectivity index (χ0n) is 19.4. The van der Waals surface area contributed by atoms with Gasteiger partial charge in [-0.25, -0.2) is 9.37 Å². The molecular weight excluding hydrogens is 431 g/mol. The van der Waals surface area contributed by atoms with Gasteiger partial charge in [-0.15, -0.1) is 0 Å². The van der Waals surface area contributed by atoms with Crippen LogP contribution in [0.5, 0.6) is 0 Å². The molecule has 0 saturated carbocycles. The van der Waals surface area contributed by atoms with E-state index in [-0.39, 0.29) is 17.8 Å². The van der Waals surface area contributed by atoms with Crippen LogP contribution in [0, 0.1) is 12.7 Å². The van der Waals surface area contributed by atoms with E-state index in [1.165, 1.54) is 12.1 Å². The fraction of sp³-hybridized carbons (Fsp3) is 0.296. The number of amides is 1. The summed E-state index contributed by atoms with van der Waals surface area (Å²) in [5, 5.41) is 5.27. The highest BCUT2D eigenvalue weighted by Crippen LogP contribution is 2.29. The first-order valence-electron chi connectivity index (χ1n) is 11.5. The van der Waals surface area contributed by atoms with Gasteiger partial charge in [0.15, 0.2) is 5.65 Å². The summed E-state index contributed by atoms with van der Waals surface area (Å²) in [5.41, 5.74) is 4.32. The van der Waals surface area contributed by atoms with Crippen molar-refractivity contribution in [2.75, 3.05) is 13.2 Å². The second-order valence-corrected chi connectivity index (χ2v) is 8.78. The Labute approximate surface area is 198 Å². The van der Waals surface area contributed by atoms with E-state index < -0.39 is 0 Å². The molecule has 1 amide bonds. The van der Waals surface area contributed by atoms with E-state index in [1.807, 2.05) is 56.4 Å². The lowest BCUT2D eigenvalue weighted by atomic mass is 10.0. The molecule has 34 heavy (non-hydrogen) atoms. The molecule has 3 heterocycles. The van der Waals surface area contributed by atoms with Crippen LogP contribution in [0.3, 0.4) is 0 Å². The van der Waals surface area contributed by atoms with Gasteiger partial charge < -0.3 is 9.64 Å². The molecule has 1 unspecified atom stereocenters. The quantitative estimate of drug-likeness (QED) is 0.412. The van der Waals surface area contributed by atoms with E-state index in [4.69, 9.17) is 9.72 Å². The van der Waals surface area contributed by atoms with Crippen molar-refractivity contribution in [3.8, 4) is 11.3 Å². The number of carbonyl (C=O) groups is 1. The molecule has 2 aromatic carbocycles. The van der Waals surface area contributed by atoms with E-state index in [1.54, 1.807) is 15.6 Å². The van der Waals surface area contributed by atoms with Crippen LogP contribution in [-0.2, 0) is 18.3 Å². The molecule has 174 valence electrons. The molecular formula is C27H27FN4O2. The van der Waals surface area contributed by atoms with Crippen molar-refractivity contribution >= 4 is 16.9 Å². The maximum absolute atomic E-state index is 14.1. The van der Waals surface area contributed by atoms with Crippen LogP contribution < -0.4 is 0 Å². The van der Waals surface area contributed by atoms with Crippen molar-refractivity contribution in [2.45, 2.75) is 32.4 Å². The largest absolute Gasteiger partial charge is 0.376 e. The number of fused-ring (bicyclic) bond motifs is 1. The van der Waals surface area contributed by atoms with Gasteiger partial charge in [0.2, 0.25) is 0 Å². The smallest absolute Gasteiger partial charge is 0.255 e. The summed E-state index contributed by atoms with van der Waals surface area (Å²) >= 11 is 0. The molecule has 1 aliphatic heterocycles. The Balaban J connectivity index is 1.60. The Morgan fingerprint density at radius 3 is 2.74 bits per heavy atom. The van der Waals surface area contributed by atoms with Crippen molar-refractivity contribution in [3.05, 3.63) is 83.3 Å². The van der Waals surface area contributed by atoms with Crippen LogP contribution in [-0.4, -0.2) is 44.8 Å². The monoisotopic (exact) mass is 458 g/mol. The minimum Gasteiger partial charge on any atom is -0.376 e. The Bertz CT molecular complexity index is 1330. The van der Waals surface area contributed by atoms with E-state index >= 15 is 0 Å². The first kappa shape index (κ1) is 22.2. The van der Waals surface area contributed by atoms with Gasteiger partial charge in [0.05, 0.1) is 28.4 Å². The van der Waals surface area contributed by atoms with E-state index in [2.05, 4.69) is 5.10 Å². The van der Waals surface area contributed by atoms with Gasteiger partial charge in [0.25, 0.3) is 5.91 Å². The molecule has 5 rings (SSSR count). The summed E-state index contributed by atoms with van der Waals surface area (Å²) in [6.45, 7) is 3.32. The second kappa shape index (κ2) is 9.35. The first-order chi connectivity index (χ1) is 16.5. The molecule has 1 fully saturated rings. The number of hydrogen-bond acceptors (Lipinski definition) is 4. The zero-order valence-corrected chi connectivity index (χ0v) is 19.4. The lowest BCUT2D eigenvalue weighted by molar-refractivity contribution is 0.0508. The fourth-order valence-electron chi connectivity index (χ4n) is 4.65. The third-order valence-corrected chi connectivity index (χ3v) is 6.27. The van der Waals surface area contributed by atoms with E-state index in [9.17, 15) is 9.18 Å². The Morgan fingerprint density at radius 2 is 2.00 bits per heavy atom. The van der Waals surface area contributed by atoms with Gasteiger partial charge in [-0.1, -0.05) is 42.5 Å². The molecule has 1 atom stereocenters. The molecule has 0 radical (unpaired) electrons. The first-order valence-corrected chi connectivity index (χ1v) is 11.5. The summed E-state index contributed by atoms with van der Waals surface area (Å²) in [6.07, 6.45) is 1.85. The SMILES string of the molecule is Cc1nn(C)c2nc(-c3ccccc3)cc(C(=O)N(Cc3cccc(F)c3)CC3CCCO3)c12. The molecule has 0 spiro atoms. The topological polar surface area (TPSA) is 60.2 Å². The van der Waals surface area contributed by atoms with Gasteiger partial charge in [-0.05, 0) is 43.5 Å². The zero-order chi connectivity index (χ0) is 23.7. The summed E-state index contributed by atoms with van der Waals surface area (Å²) in [6, 6.07) is 18.0. The van der Waals surface area contributed by atoms with Gasteiger partial charge >= 0.3 is 0 Å². The predicted octanol–water partition coefficient (Wildman–Crippen LogP) is 4.90. The molecule has 7 heteroatoms. The summed E-state index contributed by atoms with van der Waals surface area (Å²) < 4.78 is 21.5. The van der Waals surface area contributed by atoms with Crippen LogP contribution >= 0.6 is 0 Å². The number of ether oxygens (including phenoxy) is 1. The molecule has 1 aliphatic rings. The van der Waals surface area contributed by atoms with Crippen LogP contribution in [0.4, 0.5) is 4.39 Å². The lowest BCUT2D eigenvalue weighted by Crippen LogP contribution is -2.37. The minimum atomic E-state index is -0.317. The summed E-state index contributed by atoms with van der Waals surface area (Å²) in [5.74, 6) is -0.455. The molecule has 0 N–H and O–H groups in total. The minimum absolute atomic E-state index is 0.0292. The van der Waals surface area contributed by atoms with Gasteiger partial charge in [0.1, 0.15) is 5.82 Å². The Morgan fingerprint density at radius 1 is 1.18 bits per heavy atom. The number of nitrogens with zero attached hydrogens (tertiary/aromatic N) is 4. The number of hydrogen-bond donors (Lipinski definition) is 0. The highest BCUT2D eigenvalue weighted by Gasteiger charge is 2.27. The Kier molecular flexibility index (Phi) is 6.11. The standard InChI is InChI=1S/C27H27FN4O2/c1-18-25-23(15-24(20-9-4-3-5-10-20)29-26(25)31(2)30-18)27(33)32(17-22-12-7-13-34-22)16-19-8-6-11-21(28)14-19/h3-6,8-11,14-15,22H,7,12-13,16-17H2,1-2H3. The number of pyridine rings is 1. The van der Waals surface area contributed by atoms with Crippen molar-refractivity contribution in [1.29, 1.82) is 0 Å². The van der Waals surface area contributed by atoms with Gasteiger partial charge in [-0.3, -0.25) is 9.48 Å². The predicted molar refractivity (Wildman–Crippen MR) is 129 cm³/mol. The highest BCUT2D eigenvalue weighted by atomic mass is 19.1. The average Bonchev–Trinajstić information content (AvgIpc) is 3.46. The third-order valence-electron chi connectivity index (χ3n) is 6.27. The van der Waals surface area contributed by atoms with Crippen molar-refractivity contribution in [2.24, 2.45) is 7.05 Å². The third kappa shape index (κ3) is 4.43. The van der Waals surface area contributed by atoms with Crippen LogP contribution in [0.2, 0.25) is 0 Å². The molecule has 0 bridgehead atoms. The number of benzene rings is 2. The molecule has 0 aliphatic carbocycles. The molecule has 1 saturated heterocycles. The van der Waals surface area contributed by atoms with Gasteiger partial charge in [0, 0.05) is 32.3 Å². The summed E-state index contributed by atoms with van der Waals surface area (Å²) in [4.78, 5) is 20.7.